The number of nitrogens with one attached hydrogen (secondary N) is 1. The van der Waals surface area contributed by atoms with E-state index < -0.39 is 0 Å². The van der Waals surface area contributed by atoms with Crippen molar-refractivity contribution in [3.8, 4) is 0 Å². The lowest BCUT2D eigenvalue weighted by Crippen LogP contribution is -2.15. The van der Waals surface area contributed by atoms with Crippen molar-refractivity contribution in [2.24, 2.45) is 5.92 Å². The summed E-state index contributed by atoms with van der Waals surface area (Å²) in [5.74, 6) is 1.25. The van der Waals surface area contributed by atoms with Crippen molar-refractivity contribution >= 4 is 11.6 Å². The van der Waals surface area contributed by atoms with Crippen LogP contribution in [-0.4, -0.2) is 18.3 Å². The number of hydrogen-bond acceptors (Lipinski definition) is 3. The number of furan rings is 1. The number of rotatable bonds is 7. The number of aliphatic hydroxyl groups excluding tert-OH is 1. The Hall–Kier alpha value is -0.510. The van der Waals surface area contributed by atoms with E-state index in [4.69, 9.17) is 21.1 Å². The molecule has 0 fully saturated rings. The molecule has 0 saturated carbocycles. The second-order valence-corrected chi connectivity index (χ2v) is 4.19. The van der Waals surface area contributed by atoms with Crippen LogP contribution in [0.15, 0.2) is 16.5 Å². The van der Waals surface area contributed by atoms with Crippen LogP contribution < -0.4 is 5.32 Å². The van der Waals surface area contributed by atoms with Gasteiger partial charge in [-0.1, -0.05) is 6.92 Å². The second kappa shape index (κ2) is 6.88. The Morgan fingerprint density at radius 2 is 2.33 bits per heavy atom. The quantitative estimate of drug-likeness (QED) is 0.709. The molecule has 0 amide bonds. The third kappa shape index (κ3) is 5.21. The van der Waals surface area contributed by atoms with Crippen molar-refractivity contribution in [1.82, 2.24) is 5.32 Å². The molecule has 0 spiro atoms. The van der Waals surface area contributed by atoms with Gasteiger partial charge in [0.15, 0.2) is 5.22 Å². The first-order valence-electron chi connectivity index (χ1n) is 5.28. The normalized spacial score (nSPS) is 13.0. The molecule has 2 N–H and O–H groups in total. The van der Waals surface area contributed by atoms with Crippen molar-refractivity contribution < 1.29 is 9.52 Å². The van der Waals surface area contributed by atoms with Gasteiger partial charge in [-0.2, -0.15) is 0 Å². The molecule has 0 bridgehead atoms. The molecule has 0 saturated heterocycles. The Kier molecular flexibility index (Phi) is 5.76. The third-order valence-corrected chi connectivity index (χ3v) is 2.49. The Labute approximate surface area is 95.4 Å². The Bertz CT molecular complexity index is 275. The van der Waals surface area contributed by atoms with Crippen LogP contribution in [0.5, 0.6) is 0 Å². The molecule has 0 aromatic carbocycles. The third-order valence-electron chi connectivity index (χ3n) is 2.29. The van der Waals surface area contributed by atoms with Gasteiger partial charge in [-0.25, -0.2) is 0 Å². The van der Waals surface area contributed by atoms with Crippen LogP contribution in [-0.2, 0) is 6.54 Å². The Balaban J connectivity index is 2.02. The zero-order valence-electron chi connectivity index (χ0n) is 9.00. The van der Waals surface area contributed by atoms with Gasteiger partial charge in [-0.05, 0) is 49.0 Å². The summed E-state index contributed by atoms with van der Waals surface area (Å²) < 4.78 is 5.20. The molecule has 1 rings (SSSR count). The number of aliphatic hydroxyl groups is 1. The van der Waals surface area contributed by atoms with Crippen molar-refractivity contribution in [2.45, 2.75) is 26.3 Å². The minimum absolute atomic E-state index is 0.272. The lowest BCUT2D eigenvalue weighted by Gasteiger charge is -2.07. The van der Waals surface area contributed by atoms with Crippen LogP contribution in [0.25, 0.3) is 0 Å². The van der Waals surface area contributed by atoms with E-state index in [-0.39, 0.29) is 6.61 Å². The fourth-order valence-electron chi connectivity index (χ4n) is 1.33. The van der Waals surface area contributed by atoms with E-state index >= 15 is 0 Å². The summed E-state index contributed by atoms with van der Waals surface area (Å²) in [4.78, 5) is 0. The summed E-state index contributed by atoms with van der Waals surface area (Å²) in [6.45, 7) is 3.96. The molecular formula is C11H18ClNO2. The van der Waals surface area contributed by atoms with Gasteiger partial charge in [0, 0.05) is 6.61 Å². The zero-order valence-corrected chi connectivity index (χ0v) is 9.76. The molecule has 1 aromatic heterocycles. The first-order chi connectivity index (χ1) is 7.22. The molecule has 1 aromatic rings. The molecule has 15 heavy (non-hydrogen) atoms. The molecule has 3 nitrogen and oxygen atoms in total. The maximum absolute atomic E-state index is 8.82. The van der Waals surface area contributed by atoms with Crippen LogP contribution in [0.2, 0.25) is 5.22 Å². The first-order valence-corrected chi connectivity index (χ1v) is 5.66. The molecule has 0 aliphatic rings. The van der Waals surface area contributed by atoms with Crippen molar-refractivity contribution in [3.63, 3.8) is 0 Å². The lowest BCUT2D eigenvalue weighted by atomic mass is 10.1. The molecule has 0 radical (unpaired) electrons. The van der Waals surface area contributed by atoms with Gasteiger partial charge < -0.3 is 14.8 Å². The number of hydrogen-bond donors (Lipinski definition) is 2. The van der Waals surface area contributed by atoms with Gasteiger partial charge in [-0.15, -0.1) is 0 Å². The highest BCUT2D eigenvalue weighted by atomic mass is 35.5. The second-order valence-electron chi connectivity index (χ2n) is 3.81. The van der Waals surface area contributed by atoms with E-state index in [0.717, 1.165) is 25.1 Å². The molecule has 4 heteroatoms. The van der Waals surface area contributed by atoms with Crippen molar-refractivity contribution in [2.75, 3.05) is 13.2 Å². The molecule has 0 aliphatic heterocycles. The van der Waals surface area contributed by atoms with E-state index in [9.17, 15) is 0 Å². The minimum atomic E-state index is 0.272. The van der Waals surface area contributed by atoms with Crippen LogP contribution in [0.1, 0.15) is 25.5 Å². The standard InChI is InChI=1S/C11H18ClNO2/c1-9(8-14)3-2-6-13-7-10-4-5-11(12)15-10/h4-5,9,13-14H,2-3,6-8H2,1H3. The highest BCUT2D eigenvalue weighted by Gasteiger charge is 2.00. The maximum Gasteiger partial charge on any atom is 0.193 e. The van der Waals surface area contributed by atoms with E-state index in [1.807, 2.05) is 13.0 Å². The van der Waals surface area contributed by atoms with Crippen LogP contribution >= 0.6 is 11.6 Å². The van der Waals surface area contributed by atoms with Gasteiger partial charge in [0.1, 0.15) is 5.76 Å². The van der Waals surface area contributed by atoms with Crippen molar-refractivity contribution in [3.05, 3.63) is 23.1 Å². The highest BCUT2D eigenvalue weighted by Crippen LogP contribution is 2.12. The van der Waals surface area contributed by atoms with Gasteiger partial charge in [0.25, 0.3) is 0 Å². The smallest absolute Gasteiger partial charge is 0.193 e. The summed E-state index contributed by atoms with van der Waals surface area (Å²) >= 11 is 5.64. The molecule has 1 unspecified atom stereocenters. The molecular weight excluding hydrogens is 214 g/mol. The average molecular weight is 232 g/mol. The maximum atomic E-state index is 8.82. The first kappa shape index (κ1) is 12.6. The summed E-state index contributed by atoms with van der Waals surface area (Å²) in [5, 5.41) is 12.5. The summed E-state index contributed by atoms with van der Waals surface area (Å²) in [5.41, 5.74) is 0. The summed E-state index contributed by atoms with van der Waals surface area (Å²) in [7, 11) is 0. The van der Waals surface area contributed by atoms with E-state index in [1.54, 1.807) is 6.07 Å². The molecule has 1 atom stereocenters. The molecule has 86 valence electrons. The van der Waals surface area contributed by atoms with Crippen molar-refractivity contribution in [1.29, 1.82) is 0 Å². The minimum Gasteiger partial charge on any atom is -0.448 e. The van der Waals surface area contributed by atoms with Crippen LogP contribution in [0.4, 0.5) is 0 Å². The van der Waals surface area contributed by atoms with E-state index in [0.29, 0.717) is 17.7 Å². The number of halogens is 1. The van der Waals surface area contributed by atoms with Crippen LogP contribution in [0, 0.1) is 5.92 Å². The molecule has 0 aliphatic carbocycles. The predicted molar refractivity (Wildman–Crippen MR) is 60.9 cm³/mol. The summed E-state index contributed by atoms with van der Waals surface area (Å²) in [6, 6.07) is 3.61. The van der Waals surface area contributed by atoms with Gasteiger partial charge >= 0.3 is 0 Å². The van der Waals surface area contributed by atoms with Gasteiger partial charge in [0.2, 0.25) is 0 Å². The fraction of sp³-hybridized carbons (Fsp3) is 0.636. The monoisotopic (exact) mass is 231 g/mol. The topological polar surface area (TPSA) is 45.4 Å². The highest BCUT2D eigenvalue weighted by molar-refractivity contribution is 6.28. The Morgan fingerprint density at radius 1 is 1.53 bits per heavy atom. The van der Waals surface area contributed by atoms with E-state index in [1.165, 1.54) is 0 Å². The average Bonchev–Trinajstić information content (AvgIpc) is 2.63. The van der Waals surface area contributed by atoms with Gasteiger partial charge in [-0.3, -0.25) is 0 Å². The lowest BCUT2D eigenvalue weighted by molar-refractivity contribution is 0.228. The summed E-state index contributed by atoms with van der Waals surface area (Å²) in [6.07, 6.45) is 2.11. The molecule has 1 heterocycles. The van der Waals surface area contributed by atoms with Gasteiger partial charge in [0.05, 0.1) is 6.54 Å². The predicted octanol–water partition coefficient (Wildman–Crippen LogP) is 2.43. The fourth-order valence-corrected chi connectivity index (χ4v) is 1.49. The SMILES string of the molecule is CC(CO)CCCNCc1ccc(Cl)o1. The Morgan fingerprint density at radius 3 is 2.93 bits per heavy atom. The van der Waals surface area contributed by atoms with E-state index in [2.05, 4.69) is 5.32 Å². The largest absolute Gasteiger partial charge is 0.448 e. The van der Waals surface area contributed by atoms with Crippen LogP contribution in [0.3, 0.4) is 0 Å². The zero-order chi connectivity index (χ0) is 11.1.